The number of carboxylic acid groups (broad SMARTS) is 1. The summed E-state index contributed by atoms with van der Waals surface area (Å²) in [5.74, 6) is -2.39. The van der Waals surface area contributed by atoms with E-state index in [1.54, 1.807) is 0 Å². The van der Waals surface area contributed by atoms with E-state index in [0.717, 1.165) is 24.5 Å². The van der Waals surface area contributed by atoms with Crippen LogP contribution in [0.4, 0.5) is 13.2 Å². The van der Waals surface area contributed by atoms with E-state index in [1.165, 1.54) is 0 Å². The molecule has 106 valence electrons. The van der Waals surface area contributed by atoms with Crippen LogP contribution in [0.3, 0.4) is 0 Å². The highest BCUT2D eigenvalue weighted by atomic mass is 32.2. The second kappa shape index (κ2) is 5.08. The minimum atomic E-state index is -4.71. The Hall–Kier alpha value is -1.77. The summed E-state index contributed by atoms with van der Waals surface area (Å²) >= 11 is 0. The number of aromatic carboxylic acids is 1. The summed E-state index contributed by atoms with van der Waals surface area (Å²) in [6.45, 7) is -1.78. The molecular formula is C10H9F3O5S. The molecule has 0 radical (unpaired) electrons. The van der Waals surface area contributed by atoms with Crippen LogP contribution in [0.25, 0.3) is 0 Å². The summed E-state index contributed by atoms with van der Waals surface area (Å²) in [6.07, 6.45) is -3.96. The number of halogens is 3. The maximum atomic E-state index is 12.1. The van der Waals surface area contributed by atoms with Gasteiger partial charge in [0.2, 0.25) is 0 Å². The highest BCUT2D eigenvalue weighted by molar-refractivity contribution is 7.90. The van der Waals surface area contributed by atoms with Gasteiger partial charge in [0.15, 0.2) is 22.2 Å². The minimum absolute atomic E-state index is 0.600. The van der Waals surface area contributed by atoms with Crippen molar-refractivity contribution < 1.29 is 36.2 Å². The van der Waals surface area contributed by atoms with E-state index < -0.39 is 44.8 Å². The molecule has 1 N–H and O–H groups in total. The first-order chi connectivity index (χ1) is 8.52. The molecule has 0 aliphatic carbocycles. The Bertz CT molecular complexity index is 592. The molecule has 0 amide bonds. The summed E-state index contributed by atoms with van der Waals surface area (Å²) in [4.78, 5) is 10.3. The predicted octanol–water partition coefficient (Wildman–Crippen LogP) is 1.73. The Labute approximate surface area is 106 Å². The van der Waals surface area contributed by atoms with Gasteiger partial charge in [0.1, 0.15) is 10.5 Å². The van der Waals surface area contributed by atoms with Crippen LogP contribution in [0.5, 0.6) is 5.75 Å². The molecule has 1 aromatic rings. The molecule has 0 fully saturated rings. The lowest BCUT2D eigenvalue weighted by molar-refractivity contribution is -0.153. The van der Waals surface area contributed by atoms with Gasteiger partial charge in [-0.1, -0.05) is 6.07 Å². The van der Waals surface area contributed by atoms with Crippen molar-refractivity contribution >= 4 is 15.8 Å². The Morgan fingerprint density at radius 2 is 1.95 bits per heavy atom. The van der Waals surface area contributed by atoms with E-state index >= 15 is 0 Å². The molecule has 0 heterocycles. The number of benzene rings is 1. The van der Waals surface area contributed by atoms with Gasteiger partial charge in [-0.15, -0.1) is 0 Å². The Morgan fingerprint density at radius 1 is 1.37 bits per heavy atom. The highest BCUT2D eigenvalue weighted by Crippen LogP contribution is 2.30. The predicted molar refractivity (Wildman–Crippen MR) is 58.1 cm³/mol. The van der Waals surface area contributed by atoms with Crippen molar-refractivity contribution in [3.8, 4) is 5.75 Å². The first-order valence-electron chi connectivity index (χ1n) is 4.78. The fourth-order valence-electron chi connectivity index (χ4n) is 1.28. The van der Waals surface area contributed by atoms with E-state index in [0.29, 0.717) is 0 Å². The number of hydrogen-bond acceptors (Lipinski definition) is 4. The van der Waals surface area contributed by atoms with Crippen molar-refractivity contribution in [3.63, 3.8) is 0 Å². The van der Waals surface area contributed by atoms with Crippen LogP contribution in [0, 0.1) is 0 Å². The van der Waals surface area contributed by atoms with Crippen LogP contribution < -0.4 is 4.74 Å². The summed E-state index contributed by atoms with van der Waals surface area (Å²) in [5.41, 5.74) is -0.646. The zero-order chi connectivity index (χ0) is 14.8. The van der Waals surface area contributed by atoms with Crippen molar-refractivity contribution in [2.45, 2.75) is 11.1 Å². The molecule has 0 unspecified atom stereocenters. The lowest BCUT2D eigenvalue weighted by Crippen LogP contribution is -2.21. The third-order valence-corrected chi connectivity index (χ3v) is 3.11. The lowest BCUT2D eigenvalue weighted by atomic mass is 10.2. The maximum absolute atomic E-state index is 12.1. The van der Waals surface area contributed by atoms with Gasteiger partial charge in [0.25, 0.3) is 0 Å². The topological polar surface area (TPSA) is 80.7 Å². The quantitative estimate of drug-likeness (QED) is 0.915. The van der Waals surface area contributed by atoms with Crippen LogP contribution >= 0.6 is 0 Å². The Balaban J connectivity index is 3.35. The van der Waals surface area contributed by atoms with Crippen LogP contribution in [-0.2, 0) is 9.84 Å². The van der Waals surface area contributed by atoms with Gasteiger partial charge in [-0.3, -0.25) is 0 Å². The second-order valence-corrected chi connectivity index (χ2v) is 5.60. The van der Waals surface area contributed by atoms with Crippen LogP contribution in [-0.4, -0.2) is 38.5 Å². The summed E-state index contributed by atoms with van der Waals surface area (Å²) in [6, 6.07) is 3.05. The van der Waals surface area contributed by atoms with Crippen molar-refractivity contribution in [1.29, 1.82) is 0 Å². The lowest BCUT2D eigenvalue weighted by Gasteiger charge is -2.14. The number of carboxylic acids is 1. The molecule has 5 nitrogen and oxygen atoms in total. The standard InChI is InChI=1S/C10H9F3O5S/c1-19(16,17)7-4-2-3-6(9(14)15)8(7)18-5-10(11,12)13/h2-4H,5H2,1H3,(H,14,15). The molecule has 9 heteroatoms. The maximum Gasteiger partial charge on any atom is 0.422 e. The smallest absolute Gasteiger partial charge is 0.422 e. The molecule has 0 saturated heterocycles. The minimum Gasteiger partial charge on any atom is -0.482 e. The number of alkyl halides is 3. The monoisotopic (exact) mass is 298 g/mol. The zero-order valence-corrected chi connectivity index (χ0v) is 10.4. The van der Waals surface area contributed by atoms with Gasteiger partial charge >= 0.3 is 12.1 Å². The van der Waals surface area contributed by atoms with Crippen LogP contribution in [0.15, 0.2) is 23.1 Å². The van der Waals surface area contributed by atoms with E-state index in [-0.39, 0.29) is 0 Å². The van der Waals surface area contributed by atoms with Crippen molar-refractivity contribution in [2.75, 3.05) is 12.9 Å². The van der Waals surface area contributed by atoms with Crippen molar-refractivity contribution in [3.05, 3.63) is 23.8 Å². The average molecular weight is 298 g/mol. The van der Waals surface area contributed by atoms with Crippen molar-refractivity contribution in [1.82, 2.24) is 0 Å². The van der Waals surface area contributed by atoms with E-state index in [4.69, 9.17) is 5.11 Å². The molecule has 19 heavy (non-hydrogen) atoms. The summed E-state index contributed by atoms with van der Waals surface area (Å²) in [7, 11) is -3.91. The molecule has 0 bridgehead atoms. The zero-order valence-electron chi connectivity index (χ0n) is 9.56. The molecular weight excluding hydrogens is 289 g/mol. The molecule has 1 aromatic carbocycles. The third kappa shape index (κ3) is 4.12. The first-order valence-corrected chi connectivity index (χ1v) is 6.67. The SMILES string of the molecule is CS(=O)(=O)c1cccc(C(=O)O)c1OCC(F)(F)F. The Kier molecular flexibility index (Phi) is 4.09. The second-order valence-electron chi connectivity index (χ2n) is 3.61. The molecule has 0 atom stereocenters. The molecule has 0 aromatic heterocycles. The number of carbonyl (C=O) groups is 1. The summed E-state index contributed by atoms with van der Waals surface area (Å²) in [5, 5.41) is 8.83. The Morgan fingerprint density at radius 3 is 2.37 bits per heavy atom. The van der Waals surface area contributed by atoms with E-state index in [9.17, 15) is 26.4 Å². The average Bonchev–Trinajstić information content (AvgIpc) is 2.23. The molecule has 0 saturated carbocycles. The fourth-order valence-corrected chi connectivity index (χ4v) is 2.11. The molecule has 0 spiro atoms. The van der Waals surface area contributed by atoms with E-state index in [2.05, 4.69) is 4.74 Å². The van der Waals surface area contributed by atoms with Gasteiger partial charge in [-0.05, 0) is 12.1 Å². The molecule has 0 aliphatic rings. The first kappa shape index (κ1) is 15.3. The van der Waals surface area contributed by atoms with Gasteiger partial charge in [0, 0.05) is 6.26 Å². The number of ether oxygens (including phenoxy) is 1. The van der Waals surface area contributed by atoms with Gasteiger partial charge < -0.3 is 9.84 Å². The van der Waals surface area contributed by atoms with Crippen LogP contribution in [0.2, 0.25) is 0 Å². The normalized spacial score (nSPS) is 12.2. The third-order valence-electron chi connectivity index (χ3n) is 1.99. The largest absolute Gasteiger partial charge is 0.482 e. The highest BCUT2D eigenvalue weighted by Gasteiger charge is 2.31. The number of para-hydroxylation sites is 1. The van der Waals surface area contributed by atoms with Gasteiger partial charge in [-0.2, -0.15) is 13.2 Å². The molecule has 0 aliphatic heterocycles. The van der Waals surface area contributed by atoms with E-state index in [1.807, 2.05) is 0 Å². The fraction of sp³-hybridized carbons (Fsp3) is 0.300. The van der Waals surface area contributed by atoms with Gasteiger partial charge in [-0.25, -0.2) is 13.2 Å². The van der Waals surface area contributed by atoms with Crippen molar-refractivity contribution in [2.24, 2.45) is 0 Å². The van der Waals surface area contributed by atoms with Crippen LogP contribution in [0.1, 0.15) is 10.4 Å². The van der Waals surface area contributed by atoms with Gasteiger partial charge in [0.05, 0.1) is 0 Å². The number of hydrogen-bond donors (Lipinski definition) is 1. The molecule has 1 rings (SSSR count). The summed E-state index contributed by atoms with van der Waals surface area (Å²) < 4.78 is 63.4. The number of rotatable bonds is 4. The number of sulfone groups is 1.